The third-order valence-electron chi connectivity index (χ3n) is 6.64. The Labute approximate surface area is 273 Å². The van der Waals surface area contributed by atoms with Crippen molar-refractivity contribution in [3.05, 3.63) is 113 Å². The van der Waals surface area contributed by atoms with Crippen LogP contribution in [0.3, 0.4) is 0 Å². The standard InChI is InChI=1S/C34H31N5O5S2/c1-3-44-30(40)18-25-20-45-34(37-25)39-31(41)21(2)46-26-13-9-12-24(17-26)36-33(43)29(38-32(42)22-10-5-4-6-11-22)16-23-19-35-28-15-8-7-14-27(23)28/h4-17,19-21,35H,3,18H2,1-2H3,(H,36,43)(H,38,42)(H,37,39,41)/b29-16-. The van der Waals surface area contributed by atoms with Crippen LogP contribution >= 0.6 is 23.1 Å². The number of thioether (sulfide) groups is 1. The molecule has 1 unspecified atom stereocenters. The molecule has 46 heavy (non-hydrogen) atoms. The van der Waals surface area contributed by atoms with Crippen molar-refractivity contribution in [2.24, 2.45) is 0 Å². The average molecular weight is 654 g/mol. The van der Waals surface area contributed by atoms with Crippen LogP contribution in [-0.2, 0) is 25.5 Å². The van der Waals surface area contributed by atoms with Crippen molar-refractivity contribution in [1.82, 2.24) is 15.3 Å². The fourth-order valence-corrected chi connectivity index (χ4v) is 6.07. The summed E-state index contributed by atoms with van der Waals surface area (Å²) in [4.78, 5) is 59.5. The maximum absolute atomic E-state index is 13.6. The predicted molar refractivity (Wildman–Crippen MR) is 182 cm³/mol. The number of nitrogens with one attached hydrogen (secondary N) is 4. The second-order valence-electron chi connectivity index (χ2n) is 10.0. The second-order valence-corrected chi connectivity index (χ2v) is 12.3. The highest BCUT2D eigenvalue weighted by molar-refractivity contribution is 8.00. The molecule has 5 aromatic rings. The summed E-state index contributed by atoms with van der Waals surface area (Å²) in [6.07, 6.45) is 3.46. The van der Waals surface area contributed by atoms with E-state index in [0.29, 0.717) is 28.7 Å². The van der Waals surface area contributed by atoms with Gasteiger partial charge >= 0.3 is 5.97 Å². The summed E-state index contributed by atoms with van der Waals surface area (Å²) in [6.45, 7) is 3.79. The van der Waals surface area contributed by atoms with E-state index in [0.717, 1.165) is 21.4 Å². The van der Waals surface area contributed by atoms with Crippen LogP contribution in [0, 0.1) is 0 Å². The average Bonchev–Trinajstić information content (AvgIpc) is 3.67. The number of fused-ring (bicyclic) bond motifs is 1. The lowest BCUT2D eigenvalue weighted by atomic mass is 10.1. The molecule has 4 N–H and O–H groups in total. The van der Waals surface area contributed by atoms with E-state index in [9.17, 15) is 19.2 Å². The van der Waals surface area contributed by atoms with E-state index < -0.39 is 17.1 Å². The zero-order valence-electron chi connectivity index (χ0n) is 25.0. The molecular weight excluding hydrogens is 623 g/mol. The maximum atomic E-state index is 13.6. The van der Waals surface area contributed by atoms with E-state index >= 15 is 0 Å². The molecule has 5 rings (SSSR count). The Morgan fingerprint density at radius 2 is 1.78 bits per heavy atom. The van der Waals surface area contributed by atoms with Gasteiger partial charge in [-0.1, -0.05) is 42.5 Å². The van der Waals surface area contributed by atoms with Crippen molar-refractivity contribution in [2.75, 3.05) is 17.2 Å². The number of ether oxygens (including phenoxy) is 1. The van der Waals surface area contributed by atoms with Crippen molar-refractivity contribution in [2.45, 2.75) is 30.4 Å². The minimum Gasteiger partial charge on any atom is -0.466 e. The Kier molecular flexibility index (Phi) is 10.6. The molecule has 0 aliphatic heterocycles. The van der Waals surface area contributed by atoms with Crippen LogP contribution in [0.1, 0.15) is 35.5 Å². The van der Waals surface area contributed by atoms with Crippen LogP contribution in [0.2, 0.25) is 0 Å². The van der Waals surface area contributed by atoms with Gasteiger partial charge in [-0.15, -0.1) is 23.1 Å². The molecule has 2 aromatic heterocycles. The molecule has 1 atom stereocenters. The summed E-state index contributed by atoms with van der Waals surface area (Å²) in [6, 6.07) is 23.4. The predicted octanol–water partition coefficient (Wildman–Crippen LogP) is 6.26. The lowest BCUT2D eigenvalue weighted by Gasteiger charge is -2.13. The molecule has 234 valence electrons. The molecule has 3 amide bonds. The van der Waals surface area contributed by atoms with Gasteiger partial charge in [-0.25, -0.2) is 4.98 Å². The molecule has 0 bridgehead atoms. The third kappa shape index (κ3) is 8.49. The lowest BCUT2D eigenvalue weighted by molar-refractivity contribution is -0.142. The van der Waals surface area contributed by atoms with Gasteiger partial charge in [0.15, 0.2) is 5.13 Å². The molecule has 10 nitrogen and oxygen atoms in total. The SMILES string of the molecule is CCOC(=O)Cc1csc(NC(=O)C(C)Sc2cccc(NC(=O)/C(=C/c3c[nH]c4ccccc34)NC(=O)c3ccccc3)c2)n1. The lowest BCUT2D eigenvalue weighted by Crippen LogP contribution is -2.30. The van der Waals surface area contributed by atoms with E-state index in [1.165, 1.54) is 23.1 Å². The first-order chi connectivity index (χ1) is 22.3. The Morgan fingerprint density at radius 3 is 2.59 bits per heavy atom. The molecular formula is C34H31N5O5S2. The van der Waals surface area contributed by atoms with Gasteiger partial charge in [-0.2, -0.15) is 0 Å². The molecule has 0 radical (unpaired) electrons. The zero-order valence-corrected chi connectivity index (χ0v) is 26.7. The molecule has 0 spiro atoms. The highest BCUT2D eigenvalue weighted by atomic mass is 32.2. The van der Waals surface area contributed by atoms with Crippen molar-refractivity contribution in [3.8, 4) is 0 Å². The molecule has 0 aliphatic carbocycles. The highest BCUT2D eigenvalue weighted by Gasteiger charge is 2.19. The number of thiazole rings is 1. The van der Waals surface area contributed by atoms with E-state index in [-0.39, 0.29) is 24.0 Å². The summed E-state index contributed by atoms with van der Waals surface area (Å²) in [5.41, 5.74) is 3.14. The first-order valence-electron chi connectivity index (χ1n) is 14.4. The fourth-order valence-electron chi connectivity index (χ4n) is 4.43. The number of rotatable bonds is 12. The second kappa shape index (κ2) is 15.2. The van der Waals surface area contributed by atoms with Gasteiger partial charge in [-0.3, -0.25) is 19.2 Å². The molecule has 0 aliphatic rings. The van der Waals surface area contributed by atoms with Crippen LogP contribution in [-0.4, -0.2) is 45.5 Å². The number of aromatic nitrogens is 2. The van der Waals surface area contributed by atoms with E-state index in [1.54, 1.807) is 74.0 Å². The minimum atomic E-state index is -0.509. The maximum Gasteiger partial charge on any atom is 0.311 e. The van der Waals surface area contributed by atoms with Gasteiger partial charge in [-0.05, 0) is 56.3 Å². The Balaban J connectivity index is 1.27. The number of hydrogen-bond acceptors (Lipinski definition) is 8. The van der Waals surface area contributed by atoms with Gasteiger partial charge in [0, 0.05) is 44.2 Å². The Hall–Kier alpha value is -5.20. The van der Waals surface area contributed by atoms with E-state index in [1.807, 2.05) is 36.4 Å². The van der Waals surface area contributed by atoms with Crippen molar-refractivity contribution in [3.63, 3.8) is 0 Å². The highest BCUT2D eigenvalue weighted by Crippen LogP contribution is 2.28. The van der Waals surface area contributed by atoms with Crippen LogP contribution in [0.5, 0.6) is 0 Å². The summed E-state index contributed by atoms with van der Waals surface area (Å²) in [5.74, 6) is -1.56. The van der Waals surface area contributed by atoms with Gasteiger partial charge in [0.1, 0.15) is 5.70 Å². The van der Waals surface area contributed by atoms with Crippen molar-refractivity contribution in [1.29, 1.82) is 0 Å². The fraction of sp³-hybridized carbons (Fsp3) is 0.147. The van der Waals surface area contributed by atoms with Gasteiger partial charge in [0.25, 0.3) is 11.8 Å². The number of aromatic amines is 1. The van der Waals surface area contributed by atoms with Gasteiger partial charge < -0.3 is 25.7 Å². The van der Waals surface area contributed by atoms with Crippen molar-refractivity contribution < 1.29 is 23.9 Å². The van der Waals surface area contributed by atoms with E-state index in [4.69, 9.17) is 4.74 Å². The van der Waals surface area contributed by atoms with Gasteiger partial charge in [0.2, 0.25) is 5.91 Å². The third-order valence-corrected chi connectivity index (χ3v) is 8.54. The molecule has 12 heteroatoms. The number of carbonyl (C=O) groups excluding carboxylic acids is 4. The summed E-state index contributed by atoms with van der Waals surface area (Å²) in [7, 11) is 0. The first-order valence-corrected chi connectivity index (χ1v) is 16.2. The Bertz CT molecular complexity index is 1900. The van der Waals surface area contributed by atoms with Crippen LogP contribution < -0.4 is 16.0 Å². The number of anilines is 2. The number of amides is 3. The number of para-hydroxylation sites is 1. The smallest absolute Gasteiger partial charge is 0.311 e. The van der Waals surface area contributed by atoms with E-state index in [2.05, 4.69) is 25.9 Å². The molecule has 0 fully saturated rings. The topological polar surface area (TPSA) is 142 Å². The van der Waals surface area contributed by atoms with Crippen LogP contribution in [0.4, 0.5) is 10.8 Å². The monoisotopic (exact) mass is 653 g/mol. The summed E-state index contributed by atoms with van der Waals surface area (Å²) in [5, 5.41) is 10.9. The molecule has 0 saturated heterocycles. The van der Waals surface area contributed by atoms with Crippen LogP contribution in [0.25, 0.3) is 17.0 Å². The number of esters is 1. The minimum absolute atomic E-state index is 0.0393. The molecule has 2 heterocycles. The number of hydrogen-bond donors (Lipinski definition) is 4. The largest absolute Gasteiger partial charge is 0.466 e. The molecule has 0 saturated carbocycles. The van der Waals surface area contributed by atoms with Crippen LogP contribution in [0.15, 0.2) is 101 Å². The normalized spacial score (nSPS) is 11.9. The number of benzene rings is 3. The quantitative estimate of drug-likeness (QED) is 0.0708. The summed E-state index contributed by atoms with van der Waals surface area (Å²) >= 11 is 2.54. The summed E-state index contributed by atoms with van der Waals surface area (Å²) < 4.78 is 4.95. The number of H-pyrrole nitrogens is 1. The Morgan fingerprint density at radius 1 is 1.00 bits per heavy atom. The van der Waals surface area contributed by atoms with Gasteiger partial charge in [0.05, 0.1) is 24.0 Å². The zero-order chi connectivity index (χ0) is 32.5. The molecule has 3 aromatic carbocycles. The number of carbonyl (C=O) groups is 4. The first kappa shape index (κ1) is 32.2. The number of nitrogens with zero attached hydrogens (tertiary/aromatic N) is 1. The van der Waals surface area contributed by atoms with Crippen molar-refractivity contribution >= 4 is 74.6 Å².